The molecule has 1 heterocycles. The van der Waals surface area contributed by atoms with Crippen LogP contribution in [-0.2, 0) is 0 Å². The van der Waals surface area contributed by atoms with Gasteiger partial charge in [-0.1, -0.05) is 0 Å². The number of hydrogen-bond donors (Lipinski definition) is 1. The van der Waals surface area contributed by atoms with Gasteiger partial charge in [0.15, 0.2) is 0 Å². The minimum absolute atomic E-state index is 0.127. The van der Waals surface area contributed by atoms with Gasteiger partial charge in [-0.25, -0.2) is 4.39 Å². The van der Waals surface area contributed by atoms with Gasteiger partial charge in [0.1, 0.15) is 5.82 Å². The van der Waals surface area contributed by atoms with Crippen LogP contribution in [0.3, 0.4) is 0 Å². The molecule has 0 atom stereocenters. The lowest BCUT2D eigenvalue weighted by Gasteiger charge is -2.21. The molecule has 0 bridgehead atoms. The molecule has 0 radical (unpaired) electrons. The molecule has 0 aliphatic heterocycles. The van der Waals surface area contributed by atoms with Crippen LogP contribution >= 0.6 is 0 Å². The van der Waals surface area contributed by atoms with Crippen molar-refractivity contribution in [3.8, 4) is 0 Å². The fourth-order valence-electron chi connectivity index (χ4n) is 2.07. The molecule has 100 valence electrons. The van der Waals surface area contributed by atoms with Gasteiger partial charge in [0.25, 0.3) is 5.91 Å². The number of hydrogen-bond acceptors (Lipinski definition) is 2. The van der Waals surface area contributed by atoms with E-state index in [1.54, 1.807) is 24.0 Å². The van der Waals surface area contributed by atoms with Gasteiger partial charge in [-0.05, 0) is 45.0 Å². The van der Waals surface area contributed by atoms with Crippen LogP contribution in [0.4, 0.5) is 10.1 Å². The molecule has 2 rings (SSSR count). The number of H-pyrrole nitrogens is 1. The summed E-state index contributed by atoms with van der Waals surface area (Å²) in [5, 5.41) is 6.83. The molecule has 1 N–H and O–H groups in total. The Kier molecular flexibility index (Phi) is 3.64. The standard InChI is InChI=1S/C14H16FN3O/c1-4-18(12-7-5-11(15)6-8-12)14(19)13-9(2)16-17-10(13)3/h5-8H,4H2,1-3H3,(H,16,17). The minimum atomic E-state index is -0.317. The lowest BCUT2D eigenvalue weighted by Crippen LogP contribution is -2.31. The molecule has 0 aliphatic rings. The van der Waals surface area contributed by atoms with Crippen molar-refractivity contribution in [2.45, 2.75) is 20.8 Å². The summed E-state index contributed by atoms with van der Waals surface area (Å²) < 4.78 is 12.9. The quantitative estimate of drug-likeness (QED) is 0.923. The van der Waals surface area contributed by atoms with Gasteiger partial charge in [-0.3, -0.25) is 9.89 Å². The number of carbonyl (C=O) groups is 1. The van der Waals surface area contributed by atoms with E-state index in [-0.39, 0.29) is 11.7 Å². The van der Waals surface area contributed by atoms with E-state index in [0.29, 0.717) is 23.5 Å². The molecule has 1 amide bonds. The van der Waals surface area contributed by atoms with Crippen molar-refractivity contribution in [2.24, 2.45) is 0 Å². The van der Waals surface area contributed by atoms with Gasteiger partial charge in [-0.2, -0.15) is 5.10 Å². The predicted octanol–water partition coefficient (Wildman–Crippen LogP) is 2.83. The number of halogens is 1. The zero-order chi connectivity index (χ0) is 14.0. The van der Waals surface area contributed by atoms with Crippen molar-refractivity contribution in [3.05, 3.63) is 47.0 Å². The largest absolute Gasteiger partial charge is 0.309 e. The summed E-state index contributed by atoms with van der Waals surface area (Å²) in [4.78, 5) is 14.1. The van der Waals surface area contributed by atoms with Crippen LogP contribution in [0.5, 0.6) is 0 Å². The summed E-state index contributed by atoms with van der Waals surface area (Å²) >= 11 is 0. The number of rotatable bonds is 3. The highest BCUT2D eigenvalue weighted by molar-refractivity contribution is 6.07. The second kappa shape index (κ2) is 5.22. The van der Waals surface area contributed by atoms with Gasteiger partial charge >= 0.3 is 0 Å². The molecular weight excluding hydrogens is 245 g/mol. The lowest BCUT2D eigenvalue weighted by molar-refractivity contribution is 0.0987. The van der Waals surface area contributed by atoms with Gasteiger partial charge in [-0.15, -0.1) is 0 Å². The van der Waals surface area contributed by atoms with Crippen LogP contribution in [0.15, 0.2) is 24.3 Å². The van der Waals surface area contributed by atoms with Gasteiger partial charge < -0.3 is 4.90 Å². The Morgan fingerprint density at radius 2 is 1.95 bits per heavy atom. The Bertz CT molecular complexity index is 570. The molecule has 0 unspecified atom stereocenters. The Hall–Kier alpha value is -2.17. The van der Waals surface area contributed by atoms with E-state index in [9.17, 15) is 9.18 Å². The Balaban J connectivity index is 2.37. The van der Waals surface area contributed by atoms with Crippen LogP contribution in [-0.4, -0.2) is 22.6 Å². The van der Waals surface area contributed by atoms with Crippen molar-refractivity contribution < 1.29 is 9.18 Å². The third-order valence-electron chi connectivity index (χ3n) is 3.04. The third-order valence-corrected chi connectivity index (χ3v) is 3.04. The Morgan fingerprint density at radius 3 is 2.42 bits per heavy atom. The fourth-order valence-corrected chi connectivity index (χ4v) is 2.07. The summed E-state index contributed by atoms with van der Waals surface area (Å²) in [5.41, 5.74) is 2.66. The third kappa shape index (κ3) is 2.50. The molecule has 19 heavy (non-hydrogen) atoms. The maximum atomic E-state index is 12.9. The van der Waals surface area contributed by atoms with E-state index in [1.807, 2.05) is 13.8 Å². The SMILES string of the molecule is CCN(C(=O)c1c(C)n[nH]c1C)c1ccc(F)cc1. The number of carbonyl (C=O) groups excluding carboxylic acids is 1. The molecular formula is C14H16FN3O. The van der Waals surface area contributed by atoms with Crippen LogP contribution in [0, 0.1) is 19.7 Å². The number of benzene rings is 1. The van der Waals surface area contributed by atoms with Crippen LogP contribution < -0.4 is 4.90 Å². The maximum Gasteiger partial charge on any atom is 0.261 e. The number of nitrogens with one attached hydrogen (secondary N) is 1. The Labute approximate surface area is 111 Å². The number of amides is 1. The summed E-state index contributed by atoms with van der Waals surface area (Å²) in [6, 6.07) is 5.89. The van der Waals surface area contributed by atoms with E-state index in [2.05, 4.69) is 10.2 Å². The molecule has 0 saturated heterocycles. The van der Waals surface area contributed by atoms with Crippen LogP contribution in [0.25, 0.3) is 0 Å². The monoisotopic (exact) mass is 261 g/mol. The highest BCUT2D eigenvalue weighted by atomic mass is 19.1. The molecule has 5 heteroatoms. The van der Waals surface area contributed by atoms with E-state index < -0.39 is 0 Å². The zero-order valence-electron chi connectivity index (χ0n) is 11.2. The van der Waals surface area contributed by atoms with E-state index in [4.69, 9.17) is 0 Å². The van der Waals surface area contributed by atoms with Crippen molar-refractivity contribution >= 4 is 11.6 Å². The summed E-state index contributed by atoms with van der Waals surface area (Å²) in [7, 11) is 0. The van der Waals surface area contributed by atoms with E-state index >= 15 is 0 Å². The molecule has 0 spiro atoms. The van der Waals surface area contributed by atoms with E-state index in [1.165, 1.54) is 12.1 Å². The molecule has 0 fully saturated rings. The minimum Gasteiger partial charge on any atom is -0.309 e. The number of nitrogens with zero attached hydrogens (tertiary/aromatic N) is 2. The maximum absolute atomic E-state index is 12.9. The first kappa shape index (κ1) is 13.3. The van der Waals surface area contributed by atoms with Gasteiger partial charge in [0, 0.05) is 17.9 Å². The highest BCUT2D eigenvalue weighted by Crippen LogP contribution is 2.20. The molecule has 0 aliphatic carbocycles. The van der Waals surface area contributed by atoms with E-state index in [0.717, 1.165) is 5.69 Å². The molecule has 2 aromatic rings. The van der Waals surface area contributed by atoms with Crippen LogP contribution in [0.2, 0.25) is 0 Å². The normalized spacial score (nSPS) is 10.5. The number of aromatic nitrogens is 2. The first-order valence-electron chi connectivity index (χ1n) is 6.13. The van der Waals surface area contributed by atoms with Crippen molar-refractivity contribution in [1.29, 1.82) is 0 Å². The van der Waals surface area contributed by atoms with Crippen molar-refractivity contribution in [1.82, 2.24) is 10.2 Å². The zero-order valence-corrected chi connectivity index (χ0v) is 11.2. The predicted molar refractivity (Wildman–Crippen MR) is 71.8 cm³/mol. The summed E-state index contributed by atoms with van der Waals surface area (Å²) in [6.07, 6.45) is 0. The smallest absolute Gasteiger partial charge is 0.261 e. The summed E-state index contributed by atoms with van der Waals surface area (Å²) in [6.45, 7) is 5.99. The molecule has 1 aromatic heterocycles. The number of aryl methyl sites for hydroxylation is 2. The van der Waals surface area contributed by atoms with Crippen molar-refractivity contribution in [2.75, 3.05) is 11.4 Å². The lowest BCUT2D eigenvalue weighted by atomic mass is 10.1. The first-order chi connectivity index (χ1) is 9.04. The fraction of sp³-hybridized carbons (Fsp3) is 0.286. The average molecular weight is 261 g/mol. The summed E-state index contributed by atoms with van der Waals surface area (Å²) in [5.74, 6) is -0.444. The van der Waals surface area contributed by atoms with Gasteiger partial charge in [0.05, 0.1) is 11.3 Å². The topological polar surface area (TPSA) is 49.0 Å². The number of anilines is 1. The molecule has 1 aromatic carbocycles. The first-order valence-corrected chi connectivity index (χ1v) is 6.13. The van der Waals surface area contributed by atoms with Gasteiger partial charge in [0.2, 0.25) is 0 Å². The van der Waals surface area contributed by atoms with Crippen molar-refractivity contribution in [3.63, 3.8) is 0 Å². The Morgan fingerprint density at radius 1 is 1.32 bits per heavy atom. The average Bonchev–Trinajstić information content (AvgIpc) is 2.72. The molecule has 0 saturated carbocycles. The molecule has 4 nitrogen and oxygen atoms in total. The second-order valence-corrected chi connectivity index (χ2v) is 4.33. The number of aromatic amines is 1. The second-order valence-electron chi connectivity index (χ2n) is 4.33. The highest BCUT2D eigenvalue weighted by Gasteiger charge is 2.21. The van der Waals surface area contributed by atoms with Crippen LogP contribution in [0.1, 0.15) is 28.7 Å².